The van der Waals surface area contributed by atoms with Gasteiger partial charge in [0.1, 0.15) is 0 Å². The lowest BCUT2D eigenvalue weighted by Crippen LogP contribution is -2.32. The molecule has 5 nitrogen and oxygen atoms in total. The zero-order valence-electron chi connectivity index (χ0n) is 15.9. The van der Waals surface area contributed by atoms with Gasteiger partial charge in [0.2, 0.25) is 5.91 Å². The molecule has 2 aromatic carbocycles. The Morgan fingerprint density at radius 1 is 0.885 bits per heavy atom. The Kier molecular flexibility index (Phi) is 7.96. The molecule has 1 amide bonds. The van der Waals surface area contributed by atoms with Crippen LogP contribution in [-0.2, 0) is 11.2 Å². The van der Waals surface area contributed by atoms with E-state index in [2.05, 4.69) is 39.5 Å². The standard InChI is InChI=1S/C21H28N4O/c1-4-7-17-8-10-19(11-9-17)23-24-20-14-12-18(13-15-20)22-21(26)16-25(5-2)6-3/h8-15H,4-7,16H2,1-3H3,(H,22,26)/b24-23+. The van der Waals surface area contributed by atoms with Crippen LogP contribution >= 0.6 is 0 Å². The molecule has 0 spiro atoms. The lowest BCUT2D eigenvalue weighted by Gasteiger charge is -2.17. The number of carbonyl (C=O) groups is 1. The summed E-state index contributed by atoms with van der Waals surface area (Å²) in [6.07, 6.45) is 2.22. The van der Waals surface area contributed by atoms with Gasteiger partial charge in [-0.3, -0.25) is 9.69 Å². The quantitative estimate of drug-likeness (QED) is 0.620. The summed E-state index contributed by atoms with van der Waals surface area (Å²) in [4.78, 5) is 14.1. The summed E-state index contributed by atoms with van der Waals surface area (Å²) in [6, 6.07) is 15.5. The van der Waals surface area contributed by atoms with Gasteiger partial charge in [0.25, 0.3) is 0 Å². The first-order valence-electron chi connectivity index (χ1n) is 9.27. The monoisotopic (exact) mass is 352 g/mol. The first-order valence-corrected chi connectivity index (χ1v) is 9.27. The molecule has 2 rings (SSSR count). The average Bonchev–Trinajstić information content (AvgIpc) is 2.67. The van der Waals surface area contributed by atoms with Crippen LogP contribution in [-0.4, -0.2) is 30.4 Å². The Bertz CT molecular complexity index is 704. The molecule has 2 aromatic rings. The van der Waals surface area contributed by atoms with Crippen LogP contribution in [0.3, 0.4) is 0 Å². The largest absolute Gasteiger partial charge is 0.325 e. The Morgan fingerprint density at radius 3 is 1.92 bits per heavy atom. The van der Waals surface area contributed by atoms with Crippen molar-refractivity contribution >= 4 is 23.0 Å². The number of benzene rings is 2. The highest BCUT2D eigenvalue weighted by Crippen LogP contribution is 2.21. The molecule has 0 aromatic heterocycles. The van der Waals surface area contributed by atoms with E-state index >= 15 is 0 Å². The molecular weight excluding hydrogens is 324 g/mol. The third-order valence-corrected chi connectivity index (χ3v) is 4.17. The molecule has 0 aliphatic carbocycles. The summed E-state index contributed by atoms with van der Waals surface area (Å²) in [6.45, 7) is 8.40. The number of hydrogen-bond donors (Lipinski definition) is 1. The van der Waals surface area contributed by atoms with E-state index in [1.165, 1.54) is 5.56 Å². The van der Waals surface area contributed by atoms with Crippen molar-refractivity contribution in [1.82, 2.24) is 4.90 Å². The van der Waals surface area contributed by atoms with Gasteiger partial charge >= 0.3 is 0 Å². The maximum absolute atomic E-state index is 12.0. The van der Waals surface area contributed by atoms with E-state index in [4.69, 9.17) is 0 Å². The number of carbonyl (C=O) groups excluding carboxylic acids is 1. The second-order valence-electron chi connectivity index (χ2n) is 6.17. The van der Waals surface area contributed by atoms with Crippen molar-refractivity contribution in [3.05, 3.63) is 54.1 Å². The van der Waals surface area contributed by atoms with Crippen LogP contribution in [0.2, 0.25) is 0 Å². The fraction of sp³-hybridized carbons (Fsp3) is 0.381. The third-order valence-electron chi connectivity index (χ3n) is 4.17. The highest BCUT2D eigenvalue weighted by atomic mass is 16.2. The Balaban J connectivity index is 1.91. The average molecular weight is 352 g/mol. The van der Waals surface area contributed by atoms with E-state index in [-0.39, 0.29) is 5.91 Å². The van der Waals surface area contributed by atoms with Gasteiger partial charge in [0, 0.05) is 5.69 Å². The molecule has 0 aliphatic rings. The Morgan fingerprint density at radius 2 is 1.42 bits per heavy atom. The second-order valence-corrected chi connectivity index (χ2v) is 6.17. The number of nitrogens with zero attached hydrogens (tertiary/aromatic N) is 3. The number of amides is 1. The van der Waals surface area contributed by atoms with Crippen LogP contribution in [0.25, 0.3) is 0 Å². The molecular formula is C21H28N4O. The van der Waals surface area contributed by atoms with Gasteiger partial charge in [0.05, 0.1) is 17.9 Å². The van der Waals surface area contributed by atoms with Crippen LogP contribution in [0, 0.1) is 0 Å². The molecule has 26 heavy (non-hydrogen) atoms. The molecule has 0 saturated heterocycles. The predicted molar refractivity (Wildman–Crippen MR) is 107 cm³/mol. The lowest BCUT2D eigenvalue weighted by atomic mass is 10.1. The predicted octanol–water partition coefficient (Wildman–Crippen LogP) is 5.33. The number of likely N-dealkylation sites (N-methyl/N-ethyl adjacent to an activating group) is 1. The Hall–Kier alpha value is -2.53. The minimum atomic E-state index is -0.00440. The van der Waals surface area contributed by atoms with Crippen LogP contribution < -0.4 is 5.32 Å². The van der Waals surface area contributed by atoms with E-state index in [0.29, 0.717) is 6.54 Å². The van der Waals surface area contributed by atoms with Crippen LogP contribution in [0.15, 0.2) is 58.8 Å². The second kappa shape index (κ2) is 10.5. The van der Waals surface area contributed by atoms with Crippen molar-refractivity contribution in [3.8, 4) is 0 Å². The molecule has 0 aliphatic heterocycles. The van der Waals surface area contributed by atoms with Gasteiger partial charge in [-0.05, 0) is 61.5 Å². The summed E-state index contributed by atoms with van der Waals surface area (Å²) in [7, 11) is 0. The van der Waals surface area contributed by atoms with Crippen LogP contribution in [0.1, 0.15) is 32.8 Å². The molecule has 1 N–H and O–H groups in total. The van der Waals surface area contributed by atoms with Crippen LogP contribution in [0.5, 0.6) is 0 Å². The van der Waals surface area contributed by atoms with Gasteiger partial charge in [-0.1, -0.05) is 39.3 Å². The van der Waals surface area contributed by atoms with E-state index in [1.807, 2.05) is 50.2 Å². The number of rotatable bonds is 9. The van der Waals surface area contributed by atoms with Crippen LogP contribution in [0.4, 0.5) is 17.1 Å². The fourth-order valence-corrected chi connectivity index (χ4v) is 2.60. The molecule has 0 bridgehead atoms. The summed E-state index contributed by atoms with van der Waals surface area (Å²) in [5.41, 5.74) is 3.67. The van der Waals surface area contributed by atoms with Crippen molar-refractivity contribution in [3.63, 3.8) is 0 Å². The topological polar surface area (TPSA) is 57.1 Å². The zero-order valence-corrected chi connectivity index (χ0v) is 15.9. The molecule has 0 atom stereocenters. The van der Waals surface area contributed by atoms with Gasteiger partial charge in [-0.15, -0.1) is 0 Å². The minimum absolute atomic E-state index is 0.00440. The number of aryl methyl sites for hydroxylation is 1. The molecule has 138 valence electrons. The number of anilines is 1. The third kappa shape index (κ3) is 6.41. The highest BCUT2D eigenvalue weighted by molar-refractivity contribution is 5.92. The maximum Gasteiger partial charge on any atom is 0.238 e. The van der Waals surface area contributed by atoms with Crippen molar-refractivity contribution in [1.29, 1.82) is 0 Å². The molecule has 0 unspecified atom stereocenters. The SMILES string of the molecule is CCCc1ccc(/N=N/c2ccc(NC(=O)CN(CC)CC)cc2)cc1. The summed E-state index contributed by atoms with van der Waals surface area (Å²) < 4.78 is 0. The summed E-state index contributed by atoms with van der Waals surface area (Å²) >= 11 is 0. The fourth-order valence-electron chi connectivity index (χ4n) is 2.60. The molecule has 0 saturated carbocycles. The van der Waals surface area contributed by atoms with Gasteiger partial charge < -0.3 is 5.32 Å². The van der Waals surface area contributed by atoms with E-state index in [1.54, 1.807) is 0 Å². The summed E-state index contributed by atoms with van der Waals surface area (Å²) in [5.74, 6) is -0.00440. The number of azo groups is 1. The molecule has 0 heterocycles. The highest BCUT2D eigenvalue weighted by Gasteiger charge is 2.07. The van der Waals surface area contributed by atoms with Crippen molar-refractivity contribution in [2.75, 3.05) is 25.0 Å². The summed E-state index contributed by atoms with van der Waals surface area (Å²) in [5, 5.41) is 11.4. The number of hydrogen-bond acceptors (Lipinski definition) is 4. The van der Waals surface area contributed by atoms with E-state index < -0.39 is 0 Å². The lowest BCUT2D eigenvalue weighted by molar-refractivity contribution is -0.117. The van der Waals surface area contributed by atoms with Gasteiger partial charge in [0.15, 0.2) is 0 Å². The first-order chi connectivity index (χ1) is 12.6. The Labute approximate surface area is 156 Å². The number of nitrogens with one attached hydrogen (secondary N) is 1. The van der Waals surface area contributed by atoms with Crippen molar-refractivity contribution in [2.45, 2.75) is 33.6 Å². The molecule has 0 fully saturated rings. The normalized spacial score (nSPS) is 11.2. The smallest absolute Gasteiger partial charge is 0.238 e. The van der Waals surface area contributed by atoms with E-state index in [9.17, 15) is 4.79 Å². The van der Waals surface area contributed by atoms with E-state index in [0.717, 1.165) is 43.0 Å². The van der Waals surface area contributed by atoms with Crippen molar-refractivity contribution in [2.24, 2.45) is 10.2 Å². The maximum atomic E-state index is 12.0. The molecule has 5 heteroatoms. The first kappa shape index (κ1) is 19.8. The van der Waals surface area contributed by atoms with Gasteiger partial charge in [-0.2, -0.15) is 10.2 Å². The minimum Gasteiger partial charge on any atom is -0.325 e. The molecule has 0 radical (unpaired) electrons. The van der Waals surface area contributed by atoms with Gasteiger partial charge in [-0.25, -0.2) is 0 Å². The van der Waals surface area contributed by atoms with Crippen molar-refractivity contribution < 1.29 is 4.79 Å². The zero-order chi connectivity index (χ0) is 18.8.